The van der Waals surface area contributed by atoms with Gasteiger partial charge in [-0.15, -0.1) is 0 Å². The molecule has 3 rings (SSSR count). The standard InChI is InChI=1S/C18H18FNO2/c19-17-9-5-4-6-14(17)12-20(15-10-11-15)18(21)13-22-16-7-2-1-3-8-16/h1-9,15H,10-13H2. The fraction of sp³-hybridized carbons (Fsp3) is 0.278. The third kappa shape index (κ3) is 3.64. The molecule has 0 bridgehead atoms. The summed E-state index contributed by atoms with van der Waals surface area (Å²) >= 11 is 0. The highest BCUT2D eigenvalue weighted by atomic mass is 19.1. The average Bonchev–Trinajstić information content (AvgIpc) is 3.37. The van der Waals surface area contributed by atoms with Gasteiger partial charge >= 0.3 is 0 Å². The van der Waals surface area contributed by atoms with Gasteiger partial charge in [0.05, 0.1) is 0 Å². The fourth-order valence-electron chi connectivity index (χ4n) is 2.36. The zero-order valence-corrected chi connectivity index (χ0v) is 12.2. The van der Waals surface area contributed by atoms with Gasteiger partial charge in [-0.3, -0.25) is 4.79 Å². The number of nitrogens with zero attached hydrogens (tertiary/aromatic N) is 1. The zero-order valence-electron chi connectivity index (χ0n) is 12.2. The predicted octanol–water partition coefficient (Wildman–Crippen LogP) is 3.40. The Morgan fingerprint density at radius 3 is 2.45 bits per heavy atom. The number of ether oxygens (including phenoxy) is 1. The number of amides is 1. The van der Waals surface area contributed by atoms with Gasteiger partial charge in [-0.25, -0.2) is 4.39 Å². The van der Waals surface area contributed by atoms with Crippen molar-refractivity contribution in [2.75, 3.05) is 6.61 Å². The summed E-state index contributed by atoms with van der Waals surface area (Å²) < 4.78 is 19.3. The van der Waals surface area contributed by atoms with Crippen LogP contribution in [0.25, 0.3) is 0 Å². The maximum absolute atomic E-state index is 13.8. The topological polar surface area (TPSA) is 29.5 Å². The van der Waals surface area contributed by atoms with E-state index in [1.807, 2.05) is 30.3 Å². The minimum absolute atomic E-state index is 0.0189. The summed E-state index contributed by atoms with van der Waals surface area (Å²) in [4.78, 5) is 14.1. The van der Waals surface area contributed by atoms with Crippen LogP contribution in [0.4, 0.5) is 4.39 Å². The lowest BCUT2D eigenvalue weighted by molar-refractivity contribution is -0.134. The van der Waals surface area contributed by atoms with Crippen molar-refractivity contribution in [3.8, 4) is 5.75 Å². The largest absolute Gasteiger partial charge is 0.484 e. The molecule has 1 aliphatic rings. The maximum Gasteiger partial charge on any atom is 0.261 e. The van der Waals surface area contributed by atoms with Crippen LogP contribution >= 0.6 is 0 Å². The highest BCUT2D eigenvalue weighted by Crippen LogP contribution is 2.29. The molecule has 0 spiro atoms. The fourth-order valence-corrected chi connectivity index (χ4v) is 2.36. The van der Waals surface area contributed by atoms with Crippen LogP contribution in [0.15, 0.2) is 54.6 Å². The van der Waals surface area contributed by atoms with E-state index in [9.17, 15) is 9.18 Å². The molecule has 2 aromatic rings. The summed E-state index contributed by atoms with van der Waals surface area (Å²) in [6.45, 7) is 0.281. The van der Waals surface area contributed by atoms with E-state index in [2.05, 4.69) is 0 Å². The van der Waals surface area contributed by atoms with E-state index < -0.39 is 0 Å². The second-order valence-corrected chi connectivity index (χ2v) is 5.45. The van der Waals surface area contributed by atoms with Crippen LogP contribution in [0, 0.1) is 5.82 Å². The molecule has 3 nitrogen and oxygen atoms in total. The van der Waals surface area contributed by atoms with Crippen LogP contribution in [0.5, 0.6) is 5.75 Å². The molecule has 1 aliphatic carbocycles. The maximum atomic E-state index is 13.8. The summed E-state index contributed by atoms with van der Waals surface area (Å²) in [5.74, 6) is 0.289. The molecule has 0 saturated heterocycles. The number of para-hydroxylation sites is 1. The first-order chi connectivity index (χ1) is 10.7. The van der Waals surface area contributed by atoms with E-state index in [4.69, 9.17) is 4.74 Å². The Morgan fingerprint density at radius 1 is 1.09 bits per heavy atom. The number of rotatable bonds is 6. The van der Waals surface area contributed by atoms with E-state index in [1.165, 1.54) is 6.07 Å². The summed E-state index contributed by atoms with van der Waals surface area (Å²) in [6, 6.07) is 16.0. The summed E-state index contributed by atoms with van der Waals surface area (Å²) in [6.07, 6.45) is 1.96. The van der Waals surface area contributed by atoms with Crippen molar-refractivity contribution < 1.29 is 13.9 Å². The average molecular weight is 299 g/mol. The monoisotopic (exact) mass is 299 g/mol. The predicted molar refractivity (Wildman–Crippen MR) is 81.9 cm³/mol. The third-order valence-corrected chi connectivity index (χ3v) is 3.71. The molecule has 114 valence electrons. The van der Waals surface area contributed by atoms with Gasteiger partial charge in [0.15, 0.2) is 6.61 Å². The molecule has 0 unspecified atom stereocenters. The quantitative estimate of drug-likeness (QED) is 0.818. The molecule has 0 aliphatic heterocycles. The first kappa shape index (κ1) is 14.6. The van der Waals surface area contributed by atoms with Crippen molar-refractivity contribution in [2.24, 2.45) is 0 Å². The summed E-state index contributed by atoms with van der Waals surface area (Å²) in [5, 5.41) is 0. The van der Waals surface area contributed by atoms with Gasteiger partial charge < -0.3 is 9.64 Å². The Balaban J connectivity index is 1.64. The smallest absolute Gasteiger partial charge is 0.261 e. The lowest BCUT2D eigenvalue weighted by atomic mass is 10.2. The lowest BCUT2D eigenvalue weighted by Crippen LogP contribution is -2.36. The van der Waals surface area contributed by atoms with Crippen LogP contribution in [-0.4, -0.2) is 23.5 Å². The van der Waals surface area contributed by atoms with Crippen molar-refractivity contribution in [3.63, 3.8) is 0 Å². The van der Waals surface area contributed by atoms with Crippen LogP contribution in [0.1, 0.15) is 18.4 Å². The van der Waals surface area contributed by atoms with Gasteiger partial charge in [0.2, 0.25) is 0 Å². The third-order valence-electron chi connectivity index (χ3n) is 3.71. The summed E-state index contributed by atoms with van der Waals surface area (Å²) in [5.41, 5.74) is 0.544. The number of carbonyl (C=O) groups is 1. The summed E-state index contributed by atoms with van der Waals surface area (Å²) in [7, 11) is 0. The Hall–Kier alpha value is -2.36. The zero-order chi connectivity index (χ0) is 15.4. The molecular formula is C18H18FNO2. The van der Waals surface area contributed by atoms with E-state index in [0.717, 1.165) is 12.8 Å². The van der Waals surface area contributed by atoms with Gasteiger partial charge in [-0.1, -0.05) is 36.4 Å². The highest BCUT2D eigenvalue weighted by Gasteiger charge is 2.33. The van der Waals surface area contributed by atoms with Gasteiger partial charge in [-0.05, 0) is 31.0 Å². The SMILES string of the molecule is O=C(COc1ccccc1)N(Cc1ccccc1F)C1CC1. The second-order valence-electron chi connectivity index (χ2n) is 5.45. The molecule has 0 radical (unpaired) electrons. The van der Waals surface area contributed by atoms with Crippen molar-refractivity contribution in [1.29, 1.82) is 0 Å². The van der Waals surface area contributed by atoms with Crippen LogP contribution in [-0.2, 0) is 11.3 Å². The molecule has 0 N–H and O–H groups in total. The number of hydrogen-bond donors (Lipinski definition) is 0. The van der Waals surface area contributed by atoms with Crippen molar-refractivity contribution in [1.82, 2.24) is 4.90 Å². The van der Waals surface area contributed by atoms with E-state index in [1.54, 1.807) is 23.1 Å². The van der Waals surface area contributed by atoms with E-state index in [-0.39, 0.29) is 24.4 Å². The van der Waals surface area contributed by atoms with Crippen LogP contribution < -0.4 is 4.74 Å². The molecule has 2 aromatic carbocycles. The van der Waals surface area contributed by atoms with Crippen LogP contribution in [0.2, 0.25) is 0 Å². The molecule has 1 fully saturated rings. The first-order valence-electron chi connectivity index (χ1n) is 7.45. The van der Waals surface area contributed by atoms with Crippen molar-refractivity contribution in [2.45, 2.75) is 25.4 Å². The first-order valence-corrected chi connectivity index (χ1v) is 7.45. The van der Waals surface area contributed by atoms with Gasteiger partial charge in [0.1, 0.15) is 11.6 Å². The molecule has 22 heavy (non-hydrogen) atoms. The van der Waals surface area contributed by atoms with Crippen molar-refractivity contribution in [3.05, 3.63) is 66.0 Å². The molecular weight excluding hydrogens is 281 g/mol. The minimum atomic E-state index is -0.273. The Morgan fingerprint density at radius 2 is 1.77 bits per heavy atom. The van der Waals surface area contributed by atoms with Crippen LogP contribution in [0.3, 0.4) is 0 Å². The number of carbonyl (C=O) groups excluding carboxylic acids is 1. The van der Waals surface area contributed by atoms with E-state index in [0.29, 0.717) is 17.9 Å². The Labute approximate surface area is 129 Å². The van der Waals surface area contributed by atoms with E-state index >= 15 is 0 Å². The molecule has 1 amide bonds. The molecule has 0 atom stereocenters. The minimum Gasteiger partial charge on any atom is -0.484 e. The molecule has 0 aromatic heterocycles. The van der Waals surface area contributed by atoms with Gasteiger partial charge in [-0.2, -0.15) is 0 Å². The molecule has 0 heterocycles. The highest BCUT2D eigenvalue weighted by molar-refractivity contribution is 5.78. The molecule has 1 saturated carbocycles. The lowest BCUT2D eigenvalue weighted by Gasteiger charge is -2.23. The van der Waals surface area contributed by atoms with Gasteiger partial charge in [0.25, 0.3) is 5.91 Å². The number of benzene rings is 2. The Bertz CT molecular complexity index is 641. The normalized spacial score (nSPS) is 13.7. The Kier molecular flexibility index (Phi) is 4.37. The number of halogens is 1. The molecule has 4 heteroatoms. The van der Waals surface area contributed by atoms with Gasteiger partial charge in [0, 0.05) is 18.2 Å². The number of hydrogen-bond acceptors (Lipinski definition) is 2. The second kappa shape index (κ2) is 6.60. The van der Waals surface area contributed by atoms with Crippen molar-refractivity contribution >= 4 is 5.91 Å².